The predicted octanol–water partition coefficient (Wildman–Crippen LogP) is 1.24. The molecule has 2 fully saturated rings. The molecule has 0 radical (unpaired) electrons. The molecule has 1 aliphatic carbocycles. The minimum Gasteiger partial charge on any atom is -0.393 e. The Morgan fingerprint density at radius 2 is 2.05 bits per heavy atom. The fourth-order valence-electron chi connectivity index (χ4n) is 3.30. The smallest absolute Gasteiger partial charge is 0.240 e. The Kier molecular flexibility index (Phi) is 4.43. The number of benzene rings is 1. The summed E-state index contributed by atoms with van der Waals surface area (Å²) in [4.78, 5) is 25.5. The monoisotopic (exact) mass is 302 g/mol. The molecule has 22 heavy (non-hydrogen) atoms. The fourth-order valence-corrected chi connectivity index (χ4v) is 3.30. The largest absolute Gasteiger partial charge is 0.393 e. The molecule has 1 atom stereocenters. The highest BCUT2D eigenvalue weighted by molar-refractivity contribution is 5.86. The van der Waals surface area contributed by atoms with Gasteiger partial charge in [0, 0.05) is 13.0 Å². The minimum atomic E-state index is -0.256. The second-order valence-corrected chi connectivity index (χ2v) is 6.26. The van der Waals surface area contributed by atoms with E-state index in [1.54, 1.807) is 4.90 Å². The first kappa shape index (κ1) is 15.0. The van der Waals surface area contributed by atoms with Gasteiger partial charge in [-0.1, -0.05) is 30.3 Å². The molecule has 1 saturated carbocycles. The summed E-state index contributed by atoms with van der Waals surface area (Å²) in [7, 11) is 0. The molecule has 1 heterocycles. The molecular formula is C17H22N2O3. The van der Waals surface area contributed by atoms with Gasteiger partial charge in [0.15, 0.2) is 0 Å². The van der Waals surface area contributed by atoms with Crippen LogP contribution in [-0.4, -0.2) is 41.0 Å². The first-order valence-electron chi connectivity index (χ1n) is 7.93. The van der Waals surface area contributed by atoms with Gasteiger partial charge in [-0.2, -0.15) is 0 Å². The van der Waals surface area contributed by atoms with E-state index in [4.69, 9.17) is 0 Å². The Labute approximate surface area is 130 Å². The molecule has 5 heteroatoms. The highest BCUT2D eigenvalue weighted by Crippen LogP contribution is 2.38. The van der Waals surface area contributed by atoms with Crippen LogP contribution in [0.4, 0.5) is 0 Å². The van der Waals surface area contributed by atoms with Gasteiger partial charge >= 0.3 is 0 Å². The zero-order chi connectivity index (χ0) is 15.5. The first-order chi connectivity index (χ1) is 10.6. The maximum Gasteiger partial charge on any atom is 0.240 e. The van der Waals surface area contributed by atoms with E-state index in [1.165, 1.54) is 0 Å². The van der Waals surface area contributed by atoms with Gasteiger partial charge in [-0.25, -0.2) is 0 Å². The van der Waals surface area contributed by atoms with Crippen molar-refractivity contribution < 1.29 is 14.7 Å². The molecule has 5 nitrogen and oxygen atoms in total. The van der Waals surface area contributed by atoms with Crippen molar-refractivity contribution in [3.8, 4) is 0 Å². The third-order valence-corrected chi connectivity index (χ3v) is 4.60. The van der Waals surface area contributed by atoms with Crippen LogP contribution in [0.5, 0.6) is 0 Å². The van der Waals surface area contributed by atoms with Crippen LogP contribution in [0.3, 0.4) is 0 Å². The summed E-state index contributed by atoms with van der Waals surface area (Å²) in [5.74, 6) is 0.201. The third kappa shape index (κ3) is 3.30. The van der Waals surface area contributed by atoms with Crippen molar-refractivity contribution in [3.63, 3.8) is 0 Å². The van der Waals surface area contributed by atoms with Crippen LogP contribution in [-0.2, 0) is 9.59 Å². The number of aliphatic hydroxyl groups excluding tert-OH is 1. The van der Waals surface area contributed by atoms with Gasteiger partial charge in [0.2, 0.25) is 11.8 Å². The summed E-state index contributed by atoms with van der Waals surface area (Å²) in [6.45, 7) is 0.807. The Hall–Kier alpha value is -1.88. The average Bonchev–Trinajstić information content (AvgIpc) is 2.88. The van der Waals surface area contributed by atoms with Gasteiger partial charge in [-0.3, -0.25) is 9.59 Å². The topological polar surface area (TPSA) is 69.6 Å². The highest BCUT2D eigenvalue weighted by atomic mass is 16.3. The van der Waals surface area contributed by atoms with Crippen LogP contribution < -0.4 is 5.32 Å². The number of rotatable bonds is 5. The second kappa shape index (κ2) is 6.48. The lowest BCUT2D eigenvalue weighted by Crippen LogP contribution is -2.45. The molecule has 0 bridgehead atoms. The van der Waals surface area contributed by atoms with E-state index in [2.05, 4.69) is 5.32 Å². The van der Waals surface area contributed by atoms with Gasteiger partial charge < -0.3 is 15.3 Å². The molecule has 1 aromatic carbocycles. The van der Waals surface area contributed by atoms with Gasteiger partial charge in [0.05, 0.1) is 18.7 Å². The average molecular weight is 302 g/mol. The van der Waals surface area contributed by atoms with E-state index in [9.17, 15) is 14.7 Å². The zero-order valence-electron chi connectivity index (χ0n) is 12.6. The van der Waals surface area contributed by atoms with Crippen molar-refractivity contribution in [1.29, 1.82) is 0 Å². The molecule has 1 aliphatic heterocycles. The number of nitrogens with zero attached hydrogens (tertiary/aromatic N) is 1. The number of likely N-dealkylation sites (tertiary alicyclic amines) is 1. The van der Waals surface area contributed by atoms with Crippen molar-refractivity contribution in [2.45, 2.75) is 37.8 Å². The van der Waals surface area contributed by atoms with Crippen LogP contribution in [0.2, 0.25) is 0 Å². The minimum absolute atomic E-state index is 0.0606. The summed E-state index contributed by atoms with van der Waals surface area (Å²) in [5.41, 5.74) is 1.06. The lowest BCUT2D eigenvalue weighted by molar-refractivity contribution is -0.133. The number of carbonyl (C=O) groups excluding carboxylic acids is 2. The van der Waals surface area contributed by atoms with E-state index >= 15 is 0 Å². The molecule has 0 unspecified atom stereocenters. The third-order valence-electron chi connectivity index (χ3n) is 4.60. The summed E-state index contributed by atoms with van der Waals surface area (Å²) >= 11 is 0. The number of hydrogen-bond donors (Lipinski definition) is 2. The fraction of sp³-hybridized carbons (Fsp3) is 0.529. The van der Waals surface area contributed by atoms with Crippen LogP contribution in [0, 0.1) is 5.92 Å². The Morgan fingerprint density at radius 1 is 1.32 bits per heavy atom. The Bertz CT molecular complexity index is 540. The summed E-state index contributed by atoms with van der Waals surface area (Å²) in [6.07, 6.45) is 2.55. The second-order valence-electron chi connectivity index (χ2n) is 6.26. The maximum absolute atomic E-state index is 12.3. The van der Waals surface area contributed by atoms with Crippen LogP contribution in [0.15, 0.2) is 30.3 Å². The predicted molar refractivity (Wildman–Crippen MR) is 81.9 cm³/mol. The molecule has 2 amide bonds. The van der Waals surface area contributed by atoms with E-state index in [1.807, 2.05) is 30.3 Å². The number of nitrogens with one attached hydrogen (secondary N) is 1. The molecular weight excluding hydrogens is 280 g/mol. The van der Waals surface area contributed by atoms with Crippen LogP contribution >= 0.6 is 0 Å². The SMILES string of the molecule is O=C(CN1CCCC1=O)N[C@@H](c1ccccc1)C1CC(O)C1. The van der Waals surface area contributed by atoms with Crippen molar-refractivity contribution in [3.05, 3.63) is 35.9 Å². The molecule has 0 spiro atoms. The standard InChI is InChI=1S/C17H22N2O3/c20-14-9-13(10-14)17(12-5-2-1-3-6-12)18-15(21)11-19-8-4-7-16(19)22/h1-3,5-6,13-14,17,20H,4,7-11H2,(H,18,21)/t13?,14?,17-/m0/s1. The molecule has 118 valence electrons. The van der Waals surface area contributed by atoms with E-state index in [-0.39, 0.29) is 36.4 Å². The lowest BCUT2D eigenvalue weighted by Gasteiger charge is -2.38. The first-order valence-corrected chi connectivity index (χ1v) is 7.93. The molecule has 1 saturated heterocycles. The number of carbonyl (C=O) groups is 2. The number of aliphatic hydroxyl groups is 1. The maximum atomic E-state index is 12.3. The highest BCUT2D eigenvalue weighted by Gasteiger charge is 2.36. The van der Waals surface area contributed by atoms with Gasteiger partial charge in [0.1, 0.15) is 0 Å². The zero-order valence-corrected chi connectivity index (χ0v) is 12.6. The van der Waals surface area contributed by atoms with Crippen LogP contribution in [0.1, 0.15) is 37.3 Å². The van der Waals surface area contributed by atoms with Crippen molar-refractivity contribution >= 4 is 11.8 Å². The normalized spacial score (nSPS) is 25.7. The number of amides is 2. The molecule has 2 N–H and O–H groups in total. The number of hydrogen-bond acceptors (Lipinski definition) is 3. The van der Waals surface area contributed by atoms with Crippen molar-refractivity contribution in [2.75, 3.05) is 13.1 Å². The van der Waals surface area contributed by atoms with Crippen molar-refractivity contribution in [1.82, 2.24) is 10.2 Å². The van der Waals surface area contributed by atoms with Gasteiger partial charge in [-0.15, -0.1) is 0 Å². The van der Waals surface area contributed by atoms with E-state index in [0.29, 0.717) is 25.8 Å². The summed E-state index contributed by atoms with van der Waals surface area (Å²) in [6, 6.07) is 9.75. The van der Waals surface area contributed by atoms with Crippen LogP contribution in [0.25, 0.3) is 0 Å². The molecule has 0 aromatic heterocycles. The molecule has 3 rings (SSSR count). The van der Waals surface area contributed by atoms with E-state index in [0.717, 1.165) is 12.0 Å². The lowest BCUT2D eigenvalue weighted by atomic mass is 9.75. The van der Waals surface area contributed by atoms with Crippen molar-refractivity contribution in [2.24, 2.45) is 5.92 Å². The van der Waals surface area contributed by atoms with E-state index < -0.39 is 0 Å². The Balaban J connectivity index is 1.65. The van der Waals surface area contributed by atoms with Gasteiger partial charge in [-0.05, 0) is 30.7 Å². The molecule has 1 aromatic rings. The summed E-state index contributed by atoms with van der Waals surface area (Å²) in [5, 5.41) is 12.6. The Morgan fingerprint density at radius 3 is 2.64 bits per heavy atom. The molecule has 2 aliphatic rings. The summed E-state index contributed by atoms with van der Waals surface area (Å²) < 4.78 is 0. The van der Waals surface area contributed by atoms with Gasteiger partial charge in [0.25, 0.3) is 0 Å². The quantitative estimate of drug-likeness (QED) is 0.859.